The van der Waals surface area contributed by atoms with Crippen LogP contribution in [0.1, 0.15) is 66.4 Å². The molecule has 1 saturated carbocycles. The molecule has 35 heavy (non-hydrogen) atoms. The molecule has 7 rings (SSSR count). The van der Waals surface area contributed by atoms with Crippen molar-refractivity contribution < 1.29 is 4.79 Å². The fourth-order valence-corrected chi connectivity index (χ4v) is 6.92. The molecule has 0 radical (unpaired) electrons. The summed E-state index contributed by atoms with van der Waals surface area (Å²) in [4.78, 5) is 14.7. The van der Waals surface area contributed by atoms with E-state index in [1.54, 1.807) is 11.1 Å². The third kappa shape index (κ3) is 3.57. The Morgan fingerprint density at radius 2 is 1.66 bits per heavy atom. The molecule has 0 aromatic heterocycles. The van der Waals surface area contributed by atoms with Gasteiger partial charge in [0.1, 0.15) is 0 Å². The van der Waals surface area contributed by atoms with Crippen molar-refractivity contribution in [2.75, 3.05) is 13.1 Å². The average Bonchev–Trinajstić information content (AvgIpc) is 3.42. The van der Waals surface area contributed by atoms with Crippen LogP contribution in [0.3, 0.4) is 0 Å². The third-order valence-corrected chi connectivity index (χ3v) is 9.08. The van der Waals surface area contributed by atoms with Gasteiger partial charge in [0, 0.05) is 18.7 Å². The minimum Gasteiger partial charge on any atom is -0.339 e. The average molecular weight is 460 g/mol. The highest BCUT2D eigenvalue weighted by atomic mass is 16.2. The molecule has 4 aliphatic rings. The Labute approximate surface area is 208 Å². The van der Waals surface area contributed by atoms with Gasteiger partial charge < -0.3 is 4.90 Å². The second-order valence-electron chi connectivity index (χ2n) is 11.0. The molecule has 1 amide bonds. The van der Waals surface area contributed by atoms with Crippen molar-refractivity contribution in [2.45, 2.75) is 51.4 Å². The zero-order chi connectivity index (χ0) is 23.4. The van der Waals surface area contributed by atoms with Crippen LogP contribution in [-0.2, 0) is 6.42 Å². The Morgan fingerprint density at radius 1 is 0.857 bits per heavy atom. The van der Waals surface area contributed by atoms with Crippen LogP contribution in [0.2, 0.25) is 0 Å². The monoisotopic (exact) mass is 459 g/mol. The predicted molar refractivity (Wildman–Crippen MR) is 144 cm³/mol. The molecule has 3 aromatic rings. The van der Waals surface area contributed by atoms with Gasteiger partial charge in [0.15, 0.2) is 0 Å². The Bertz CT molecular complexity index is 1370. The fourth-order valence-electron chi connectivity index (χ4n) is 6.92. The molecule has 176 valence electrons. The van der Waals surface area contributed by atoms with E-state index < -0.39 is 0 Å². The zero-order valence-electron chi connectivity index (χ0n) is 20.4. The first-order chi connectivity index (χ1) is 17.3. The molecule has 1 saturated heterocycles. The van der Waals surface area contributed by atoms with Crippen molar-refractivity contribution >= 4 is 22.3 Å². The largest absolute Gasteiger partial charge is 0.339 e. The van der Waals surface area contributed by atoms with Crippen LogP contribution in [-0.4, -0.2) is 23.9 Å². The first-order valence-electron chi connectivity index (χ1n) is 13.6. The van der Waals surface area contributed by atoms with Gasteiger partial charge in [0.05, 0.1) is 0 Å². The first kappa shape index (κ1) is 21.2. The number of likely N-dealkylation sites (tertiary alicyclic amines) is 1. The molecule has 3 aliphatic carbocycles. The first-order valence-corrected chi connectivity index (χ1v) is 13.6. The molecule has 2 fully saturated rings. The number of hydrogen-bond donors (Lipinski definition) is 0. The predicted octanol–water partition coefficient (Wildman–Crippen LogP) is 7.82. The van der Waals surface area contributed by atoms with Crippen molar-refractivity contribution in [3.63, 3.8) is 0 Å². The van der Waals surface area contributed by atoms with Gasteiger partial charge >= 0.3 is 0 Å². The van der Waals surface area contributed by atoms with E-state index in [9.17, 15) is 4.79 Å². The Kier molecular flexibility index (Phi) is 5.15. The van der Waals surface area contributed by atoms with Crippen LogP contribution in [0, 0.1) is 11.8 Å². The zero-order valence-corrected chi connectivity index (χ0v) is 20.4. The van der Waals surface area contributed by atoms with Gasteiger partial charge in [0.25, 0.3) is 5.91 Å². The second kappa shape index (κ2) is 8.52. The fraction of sp³-hybridized carbons (Fsp3) is 0.364. The molecule has 1 heterocycles. The molecule has 0 bridgehead atoms. The Morgan fingerprint density at radius 3 is 2.43 bits per heavy atom. The molecule has 0 N–H and O–H groups in total. The van der Waals surface area contributed by atoms with Gasteiger partial charge in [-0.2, -0.15) is 0 Å². The molecular weight excluding hydrogens is 426 g/mol. The quantitative estimate of drug-likeness (QED) is 0.391. The van der Waals surface area contributed by atoms with Crippen LogP contribution in [0.4, 0.5) is 0 Å². The highest BCUT2D eigenvalue weighted by Crippen LogP contribution is 2.49. The molecule has 1 aliphatic heterocycles. The van der Waals surface area contributed by atoms with E-state index in [1.807, 2.05) is 17.0 Å². The molecule has 2 nitrogen and oxygen atoms in total. The van der Waals surface area contributed by atoms with Gasteiger partial charge in [-0.1, -0.05) is 60.5 Å². The summed E-state index contributed by atoms with van der Waals surface area (Å²) in [6.07, 6.45) is 14.9. The highest BCUT2D eigenvalue weighted by Gasteiger charge is 2.35. The van der Waals surface area contributed by atoms with Gasteiger partial charge in [-0.3, -0.25) is 4.79 Å². The van der Waals surface area contributed by atoms with E-state index in [0.29, 0.717) is 0 Å². The number of fused-ring (bicyclic) bond motifs is 4. The molecule has 0 spiro atoms. The van der Waals surface area contributed by atoms with Crippen molar-refractivity contribution in [2.24, 2.45) is 11.8 Å². The molecule has 2 heteroatoms. The lowest BCUT2D eigenvalue weighted by atomic mass is 9.64. The summed E-state index contributed by atoms with van der Waals surface area (Å²) < 4.78 is 0. The topological polar surface area (TPSA) is 20.3 Å². The van der Waals surface area contributed by atoms with Crippen molar-refractivity contribution in [1.82, 2.24) is 4.90 Å². The Hall–Kier alpha value is -3.13. The number of rotatable bonds is 3. The summed E-state index contributed by atoms with van der Waals surface area (Å²) in [7, 11) is 0. The molecule has 3 aromatic carbocycles. The SMILES string of the molecule is O=C(c1ccc(-c2ccc3c4c(ccc3c2)C2=C(CCC=C2)C(C2CCC2)C4)cc1)N1CCCC1. The summed E-state index contributed by atoms with van der Waals surface area (Å²) >= 11 is 0. The number of amides is 1. The molecule has 1 unspecified atom stereocenters. The van der Waals surface area contributed by atoms with Crippen molar-refractivity contribution in [3.05, 3.63) is 89.0 Å². The van der Waals surface area contributed by atoms with Crippen LogP contribution in [0.5, 0.6) is 0 Å². The number of nitrogens with zero attached hydrogens (tertiary/aromatic N) is 1. The smallest absolute Gasteiger partial charge is 0.253 e. The summed E-state index contributed by atoms with van der Waals surface area (Å²) in [6, 6.07) is 19.9. The van der Waals surface area contributed by atoms with E-state index >= 15 is 0 Å². The van der Waals surface area contributed by atoms with E-state index in [4.69, 9.17) is 0 Å². The van der Waals surface area contributed by atoms with Crippen molar-refractivity contribution in [3.8, 4) is 11.1 Å². The number of hydrogen-bond acceptors (Lipinski definition) is 1. The maximum Gasteiger partial charge on any atom is 0.253 e. The molecule has 1 atom stereocenters. The number of allylic oxidation sites excluding steroid dienone is 4. The Balaban J connectivity index is 1.23. The lowest BCUT2D eigenvalue weighted by Crippen LogP contribution is -2.29. The van der Waals surface area contributed by atoms with Gasteiger partial charge in [-0.05, 0) is 114 Å². The lowest BCUT2D eigenvalue weighted by molar-refractivity contribution is 0.0793. The standard InChI is InChI=1S/C33H33NO/c35-33(34-18-3-4-19-34)24-12-10-22(11-13-24)25-14-16-27-26(20-25)15-17-30-28-8-1-2-9-29(28)31(21-32(27)30)23-6-5-7-23/h1,8,10-17,20,23,31H,2-7,9,18-19,21H2. The normalized spacial score (nSPS) is 21.7. The van der Waals surface area contributed by atoms with Crippen LogP contribution >= 0.6 is 0 Å². The summed E-state index contributed by atoms with van der Waals surface area (Å²) in [6.45, 7) is 1.79. The second-order valence-corrected chi connectivity index (χ2v) is 11.0. The number of benzene rings is 3. The summed E-state index contributed by atoms with van der Waals surface area (Å²) in [5, 5.41) is 2.75. The van der Waals surface area contributed by atoms with E-state index in [2.05, 4.69) is 54.6 Å². The van der Waals surface area contributed by atoms with Gasteiger partial charge in [-0.15, -0.1) is 0 Å². The highest BCUT2D eigenvalue weighted by molar-refractivity contribution is 5.97. The maximum atomic E-state index is 12.7. The van der Waals surface area contributed by atoms with Gasteiger partial charge in [0.2, 0.25) is 0 Å². The van der Waals surface area contributed by atoms with Crippen LogP contribution in [0.15, 0.2) is 72.3 Å². The number of carbonyl (C=O) groups is 1. The van der Waals surface area contributed by atoms with Crippen LogP contribution in [0.25, 0.3) is 27.5 Å². The van der Waals surface area contributed by atoms with Gasteiger partial charge in [-0.25, -0.2) is 0 Å². The summed E-state index contributed by atoms with van der Waals surface area (Å²) in [5.74, 6) is 1.80. The minimum absolute atomic E-state index is 0.172. The lowest BCUT2D eigenvalue weighted by Gasteiger charge is -2.40. The van der Waals surface area contributed by atoms with Crippen molar-refractivity contribution in [1.29, 1.82) is 0 Å². The van der Waals surface area contributed by atoms with E-state index in [-0.39, 0.29) is 5.91 Å². The summed E-state index contributed by atoms with van der Waals surface area (Å²) in [5.41, 5.74) is 9.50. The minimum atomic E-state index is 0.172. The molecular formula is C33H33NO. The third-order valence-electron chi connectivity index (χ3n) is 9.08. The van der Waals surface area contributed by atoms with E-state index in [1.165, 1.54) is 71.6 Å². The maximum absolute atomic E-state index is 12.7. The van der Waals surface area contributed by atoms with Crippen LogP contribution < -0.4 is 0 Å². The number of carbonyl (C=O) groups excluding carboxylic acids is 1. The van der Waals surface area contributed by atoms with E-state index in [0.717, 1.165) is 43.3 Å².